The molecule has 132 valence electrons. The first-order valence-electron chi connectivity index (χ1n) is 7.05. The van der Waals surface area contributed by atoms with E-state index in [1.165, 1.54) is 31.4 Å². The summed E-state index contributed by atoms with van der Waals surface area (Å²) in [5.74, 6) is -1.29. The monoisotopic (exact) mass is 351 g/mol. The molecular formula is C16H15F2N3O4. The number of amides is 2. The molecule has 0 aliphatic carbocycles. The predicted octanol–water partition coefficient (Wildman–Crippen LogP) is 2.10. The zero-order valence-electron chi connectivity index (χ0n) is 13.1. The van der Waals surface area contributed by atoms with E-state index in [4.69, 9.17) is 4.74 Å². The molecule has 1 aromatic heterocycles. The average Bonchev–Trinajstić information content (AvgIpc) is 3.12. The Hall–Kier alpha value is -3.36. The third kappa shape index (κ3) is 5.06. The molecule has 0 aliphatic heterocycles. The van der Waals surface area contributed by atoms with E-state index in [0.717, 1.165) is 6.08 Å². The number of benzene rings is 1. The number of methoxy groups -OCH3 is 1. The highest BCUT2D eigenvalue weighted by Gasteiger charge is 2.14. The van der Waals surface area contributed by atoms with Gasteiger partial charge in [-0.15, -0.1) is 0 Å². The molecule has 2 aromatic rings. The number of hydrogen-bond donors (Lipinski definition) is 3. The number of rotatable bonds is 6. The lowest BCUT2D eigenvalue weighted by molar-refractivity contribution is -0.117. The van der Waals surface area contributed by atoms with Crippen molar-refractivity contribution in [1.82, 2.24) is 15.8 Å². The molecule has 0 radical (unpaired) electrons. The van der Waals surface area contributed by atoms with E-state index >= 15 is 0 Å². The highest BCUT2D eigenvalue weighted by Crippen LogP contribution is 2.33. The number of aromatic amines is 1. The van der Waals surface area contributed by atoms with Gasteiger partial charge in [-0.2, -0.15) is 8.78 Å². The smallest absolute Gasteiger partial charge is 0.387 e. The van der Waals surface area contributed by atoms with Gasteiger partial charge in [0.2, 0.25) is 0 Å². The van der Waals surface area contributed by atoms with Crippen LogP contribution in [0.25, 0.3) is 6.08 Å². The van der Waals surface area contributed by atoms with Gasteiger partial charge in [0.1, 0.15) is 5.69 Å². The summed E-state index contributed by atoms with van der Waals surface area (Å²) in [6, 6.07) is 7.64. The number of nitrogens with one attached hydrogen (secondary N) is 3. The molecule has 0 aliphatic rings. The van der Waals surface area contributed by atoms with Crippen LogP contribution >= 0.6 is 0 Å². The van der Waals surface area contributed by atoms with Gasteiger partial charge in [-0.1, -0.05) is 12.1 Å². The number of ether oxygens (including phenoxy) is 2. The number of carbonyl (C=O) groups is 2. The van der Waals surface area contributed by atoms with E-state index in [9.17, 15) is 18.4 Å². The van der Waals surface area contributed by atoms with Gasteiger partial charge in [-0.25, -0.2) is 0 Å². The number of alkyl halides is 2. The Kier molecular flexibility index (Phi) is 6.10. The van der Waals surface area contributed by atoms with E-state index in [-0.39, 0.29) is 22.8 Å². The van der Waals surface area contributed by atoms with Crippen LogP contribution in [-0.4, -0.2) is 30.5 Å². The van der Waals surface area contributed by atoms with Gasteiger partial charge < -0.3 is 14.5 Å². The Balaban J connectivity index is 2.03. The van der Waals surface area contributed by atoms with Gasteiger partial charge in [0, 0.05) is 17.8 Å². The number of H-pyrrole nitrogens is 1. The number of halogens is 2. The normalized spacial score (nSPS) is 10.7. The minimum atomic E-state index is -3.04. The summed E-state index contributed by atoms with van der Waals surface area (Å²) >= 11 is 0. The van der Waals surface area contributed by atoms with Gasteiger partial charge in [0.15, 0.2) is 11.5 Å². The third-order valence-corrected chi connectivity index (χ3v) is 2.99. The Morgan fingerprint density at radius 1 is 1.20 bits per heavy atom. The standard InChI is InChI=1S/C16H15F2N3O4/c1-24-12-6-2-4-10(14(12)25-16(17)18)7-8-13(22)20-21-15(23)11-5-3-9-19-11/h2-9,16,19H,1H3,(H,20,22)(H,21,23)/b8-7+. The molecule has 7 nitrogen and oxygen atoms in total. The van der Waals surface area contributed by atoms with Crippen molar-refractivity contribution in [3.63, 3.8) is 0 Å². The van der Waals surface area contributed by atoms with Crippen molar-refractivity contribution >= 4 is 17.9 Å². The molecule has 2 rings (SSSR count). The number of hydrogen-bond acceptors (Lipinski definition) is 4. The van der Waals surface area contributed by atoms with E-state index < -0.39 is 18.4 Å². The molecule has 0 bridgehead atoms. The van der Waals surface area contributed by atoms with Crippen LogP contribution in [0.1, 0.15) is 16.1 Å². The van der Waals surface area contributed by atoms with Crippen LogP contribution in [0.2, 0.25) is 0 Å². The van der Waals surface area contributed by atoms with Crippen LogP contribution in [-0.2, 0) is 4.79 Å². The minimum Gasteiger partial charge on any atom is -0.493 e. The van der Waals surface area contributed by atoms with Crippen molar-refractivity contribution in [2.45, 2.75) is 6.61 Å². The maximum absolute atomic E-state index is 12.5. The minimum absolute atomic E-state index is 0.0999. The number of hydrazine groups is 1. The molecular weight excluding hydrogens is 336 g/mol. The lowest BCUT2D eigenvalue weighted by atomic mass is 10.1. The van der Waals surface area contributed by atoms with Crippen molar-refractivity contribution < 1.29 is 27.8 Å². The summed E-state index contributed by atoms with van der Waals surface area (Å²) in [5.41, 5.74) is 4.84. The van der Waals surface area contributed by atoms with Crippen molar-refractivity contribution in [2.75, 3.05) is 7.11 Å². The topological polar surface area (TPSA) is 92.5 Å². The largest absolute Gasteiger partial charge is 0.493 e. The first-order chi connectivity index (χ1) is 12.0. The lowest BCUT2D eigenvalue weighted by Gasteiger charge is -2.12. The fourth-order valence-electron chi connectivity index (χ4n) is 1.90. The molecule has 0 atom stereocenters. The summed E-state index contributed by atoms with van der Waals surface area (Å²) in [7, 11) is 1.31. The molecule has 0 spiro atoms. The van der Waals surface area contributed by atoms with Gasteiger partial charge >= 0.3 is 6.61 Å². The highest BCUT2D eigenvalue weighted by atomic mass is 19.3. The second kappa shape index (κ2) is 8.48. The molecule has 0 fully saturated rings. The van der Waals surface area contributed by atoms with Crippen molar-refractivity contribution in [2.24, 2.45) is 0 Å². The molecule has 3 N–H and O–H groups in total. The number of para-hydroxylation sites is 1. The zero-order valence-corrected chi connectivity index (χ0v) is 13.1. The second-order valence-electron chi connectivity index (χ2n) is 4.62. The Labute approximate surface area is 141 Å². The zero-order chi connectivity index (χ0) is 18.2. The highest BCUT2D eigenvalue weighted by molar-refractivity contribution is 5.97. The molecule has 2 amide bonds. The third-order valence-electron chi connectivity index (χ3n) is 2.99. The van der Waals surface area contributed by atoms with Gasteiger partial charge in [-0.3, -0.25) is 20.4 Å². The molecule has 0 unspecified atom stereocenters. The van der Waals surface area contributed by atoms with Crippen LogP contribution < -0.4 is 20.3 Å². The van der Waals surface area contributed by atoms with Crippen molar-refractivity contribution in [3.05, 3.63) is 53.9 Å². The molecule has 25 heavy (non-hydrogen) atoms. The van der Waals surface area contributed by atoms with Gasteiger partial charge in [-0.05, 0) is 24.3 Å². The SMILES string of the molecule is COc1cccc(/C=C/C(=O)NNC(=O)c2ccc[nH]2)c1OC(F)F. The Morgan fingerprint density at radius 2 is 2.00 bits per heavy atom. The van der Waals surface area contributed by atoms with E-state index in [1.54, 1.807) is 18.3 Å². The quantitative estimate of drug-likeness (QED) is 0.549. The van der Waals surface area contributed by atoms with Crippen LogP contribution in [0.3, 0.4) is 0 Å². The van der Waals surface area contributed by atoms with Gasteiger partial charge in [0.25, 0.3) is 11.8 Å². The molecule has 1 aromatic carbocycles. The molecule has 1 heterocycles. The first kappa shape index (κ1) is 18.0. The number of carbonyl (C=O) groups excluding carboxylic acids is 2. The Bertz CT molecular complexity index is 761. The van der Waals surface area contributed by atoms with Crippen LogP contribution in [0.15, 0.2) is 42.6 Å². The molecule has 0 saturated carbocycles. The van der Waals surface area contributed by atoms with E-state index in [1.807, 2.05) is 0 Å². The van der Waals surface area contributed by atoms with Gasteiger partial charge in [0.05, 0.1) is 7.11 Å². The van der Waals surface area contributed by atoms with Crippen LogP contribution in [0.5, 0.6) is 11.5 Å². The Morgan fingerprint density at radius 3 is 2.64 bits per heavy atom. The van der Waals surface area contributed by atoms with E-state index in [2.05, 4.69) is 20.6 Å². The van der Waals surface area contributed by atoms with Crippen molar-refractivity contribution in [1.29, 1.82) is 0 Å². The molecule has 9 heteroatoms. The maximum Gasteiger partial charge on any atom is 0.387 e. The summed E-state index contributed by atoms with van der Waals surface area (Å²) in [6.07, 6.45) is 3.88. The fraction of sp³-hybridized carbons (Fsp3) is 0.125. The van der Waals surface area contributed by atoms with Crippen LogP contribution in [0, 0.1) is 0 Å². The van der Waals surface area contributed by atoms with Crippen LogP contribution in [0.4, 0.5) is 8.78 Å². The maximum atomic E-state index is 12.5. The van der Waals surface area contributed by atoms with Crippen molar-refractivity contribution in [3.8, 4) is 11.5 Å². The first-order valence-corrected chi connectivity index (χ1v) is 7.05. The summed E-state index contributed by atoms with van der Waals surface area (Å²) in [6.45, 7) is -3.04. The number of aromatic nitrogens is 1. The summed E-state index contributed by atoms with van der Waals surface area (Å²) in [4.78, 5) is 26.1. The summed E-state index contributed by atoms with van der Waals surface area (Å²) < 4.78 is 34.4. The lowest BCUT2D eigenvalue weighted by Crippen LogP contribution is -2.40. The molecule has 0 saturated heterocycles. The fourth-order valence-corrected chi connectivity index (χ4v) is 1.90. The average molecular weight is 351 g/mol. The second-order valence-corrected chi connectivity index (χ2v) is 4.62. The summed E-state index contributed by atoms with van der Waals surface area (Å²) in [5, 5.41) is 0. The predicted molar refractivity (Wildman–Crippen MR) is 85.1 cm³/mol. The van der Waals surface area contributed by atoms with E-state index in [0.29, 0.717) is 0 Å².